The number of halogens is 1. The molecule has 0 aliphatic carbocycles. The minimum Gasteiger partial charge on any atom is -0.491 e. The van der Waals surface area contributed by atoms with Gasteiger partial charge in [0.25, 0.3) is 0 Å². The highest BCUT2D eigenvalue weighted by molar-refractivity contribution is 6.30. The third kappa shape index (κ3) is 4.23. The SMILES string of the molecule is CC(C)Oc1ccc(-c2nc(Oc3cccc(Cl)c3)cc3cc(C(=O)O)[nH]c23)cc1. The smallest absolute Gasteiger partial charge is 0.352 e. The van der Waals surface area contributed by atoms with Gasteiger partial charge in [-0.2, -0.15) is 0 Å². The minimum atomic E-state index is -1.05. The van der Waals surface area contributed by atoms with Crippen molar-refractivity contribution >= 4 is 28.5 Å². The highest BCUT2D eigenvalue weighted by Crippen LogP contribution is 2.33. The first-order valence-corrected chi connectivity index (χ1v) is 9.74. The van der Waals surface area contributed by atoms with Crippen molar-refractivity contribution < 1.29 is 19.4 Å². The summed E-state index contributed by atoms with van der Waals surface area (Å²) < 4.78 is 11.6. The number of H-pyrrole nitrogens is 1. The van der Waals surface area contributed by atoms with E-state index >= 15 is 0 Å². The fourth-order valence-corrected chi connectivity index (χ4v) is 3.28. The molecular weight excluding hydrogens is 404 g/mol. The number of carbonyl (C=O) groups is 1. The van der Waals surface area contributed by atoms with Crippen LogP contribution in [-0.2, 0) is 0 Å². The van der Waals surface area contributed by atoms with Crippen molar-refractivity contribution in [2.75, 3.05) is 0 Å². The lowest BCUT2D eigenvalue weighted by molar-refractivity contribution is 0.0691. The fraction of sp³-hybridized carbons (Fsp3) is 0.130. The van der Waals surface area contributed by atoms with Crippen LogP contribution in [0.3, 0.4) is 0 Å². The summed E-state index contributed by atoms with van der Waals surface area (Å²) >= 11 is 6.04. The normalized spacial score (nSPS) is 11.1. The van der Waals surface area contributed by atoms with E-state index in [4.69, 9.17) is 21.1 Å². The number of rotatable bonds is 6. The van der Waals surface area contributed by atoms with Crippen molar-refractivity contribution in [3.05, 3.63) is 71.4 Å². The number of fused-ring (bicyclic) bond motifs is 1. The molecule has 0 radical (unpaired) electrons. The van der Waals surface area contributed by atoms with Crippen LogP contribution in [-0.4, -0.2) is 27.1 Å². The predicted molar refractivity (Wildman–Crippen MR) is 116 cm³/mol. The Labute approximate surface area is 178 Å². The summed E-state index contributed by atoms with van der Waals surface area (Å²) in [6.45, 7) is 3.92. The molecule has 0 saturated carbocycles. The fourth-order valence-electron chi connectivity index (χ4n) is 3.10. The third-order valence-electron chi connectivity index (χ3n) is 4.33. The van der Waals surface area contributed by atoms with Gasteiger partial charge in [0.05, 0.1) is 17.3 Å². The second kappa shape index (κ2) is 8.08. The van der Waals surface area contributed by atoms with Crippen molar-refractivity contribution in [2.24, 2.45) is 0 Å². The Morgan fingerprint density at radius 1 is 1.07 bits per heavy atom. The van der Waals surface area contributed by atoms with E-state index in [1.165, 1.54) is 0 Å². The van der Waals surface area contributed by atoms with Crippen molar-refractivity contribution in [1.82, 2.24) is 9.97 Å². The van der Waals surface area contributed by atoms with Gasteiger partial charge in [-0.1, -0.05) is 17.7 Å². The topological polar surface area (TPSA) is 84.4 Å². The Bertz CT molecular complexity index is 1220. The molecule has 2 N–H and O–H groups in total. The maximum atomic E-state index is 11.5. The molecule has 0 bridgehead atoms. The molecule has 7 heteroatoms. The van der Waals surface area contributed by atoms with E-state index in [1.807, 2.05) is 38.1 Å². The monoisotopic (exact) mass is 422 g/mol. The van der Waals surface area contributed by atoms with Crippen molar-refractivity contribution in [2.45, 2.75) is 20.0 Å². The summed E-state index contributed by atoms with van der Waals surface area (Å²) in [7, 11) is 0. The van der Waals surface area contributed by atoms with E-state index in [9.17, 15) is 9.90 Å². The second-order valence-electron chi connectivity index (χ2n) is 7.01. The molecule has 0 aliphatic heterocycles. The average Bonchev–Trinajstić information content (AvgIpc) is 3.12. The third-order valence-corrected chi connectivity index (χ3v) is 4.57. The molecule has 2 aromatic carbocycles. The molecule has 2 aromatic heterocycles. The van der Waals surface area contributed by atoms with E-state index in [0.29, 0.717) is 33.2 Å². The van der Waals surface area contributed by atoms with Gasteiger partial charge in [0.15, 0.2) is 0 Å². The first kappa shape index (κ1) is 19.8. The number of hydrogen-bond acceptors (Lipinski definition) is 4. The maximum Gasteiger partial charge on any atom is 0.352 e. The van der Waals surface area contributed by atoms with Gasteiger partial charge in [-0.15, -0.1) is 0 Å². The van der Waals surface area contributed by atoms with Crippen molar-refractivity contribution in [3.63, 3.8) is 0 Å². The molecular formula is C23H19ClN2O4. The van der Waals surface area contributed by atoms with Gasteiger partial charge in [-0.3, -0.25) is 0 Å². The van der Waals surface area contributed by atoms with E-state index in [-0.39, 0.29) is 11.8 Å². The Morgan fingerprint density at radius 3 is 2.50 bits per heavy atom. The van der Waals surface area contributed by atoms with Gasteiger partial charge in [0, 0.05) is 22.0 Å². The van der Waals surface area contributed by atoms with E-state index in [0.717, 1.165) is 11.3 Å². The average molecular weight is 423 g/mol. The molecule has 0 atom stereocenters. The molecule has 6 nitrogen and oxygen atoms in total. The quantitative estimate of drug-likeness (QED) is 0.388. The highest BCUT2D eigenvalue weighted by atomic mass is 35.5. The first-order valence-electron chi connectivity index (χ1n) is 9.36. The number of pyridine rings is 1. The zero-order valence-corrected chi connectivity index (χ0v) is 17.1. The number of nitrogens with zero attached hydrogens (tertiary/aromatic N) is 1. The zero-order chi connectivity index (χ0) is 21.3. The number of benzene rings is 2. The number of carboxylic acid groups (broad SMARTS) is 1. The second-order valence-corrected chi connectivity index (χ2v) is 7.45. The first-order chi connectivity index (χ1) is 14.4. The van der Waals surface area contributed by atoms with Crippen LogP contribution in [0.1, 0.15) is 24.3 Å². The van der Waals surface area contributed by atoms with Crippen LogP contribution >= 0.6 is 11.6 Å². The molecule has 0 spiro atoms. The summed E-state index contributed by atoms with van der Waals surface area (Å²) in [5, 5.41) is 10.6. The molecule has 0 unspecified atom stereocenters. The standard InChI is InChI=1S/C23H19ClN2O4/c1-13(2)29-17-8-6-14(7-9-17)21-22-15(10-19(25-22)23(27)28)11-20(26-21)30-18-5-3-4-16(24)12-18/h3-13,25H,1-2H3,(H,27,28). The van der Waals surface area contributed by atoms with Gasteiger partial charge >= 0.3 is 5.97 Å². The van der Waals surface area contributed by atoms with E-state index < -0.39 is 5.97 Å². The summed E-state index contributed by atoms with van der Waals surface area (Å²) in [5.41, 5.74) is 2.07. The van der Waals surface area contributed by atoms with Crippen LogP contribution in [0.2, 0.25) is 5.02 Å². The van der Waals surface area contributed by atoms with Gasteiger partial charge in [0.2, 0.25) is 5.88 Å². The van der Waals surface area contributed by atoms with Crippen LogP contribution in [0.25, 0.3) is 22.2 Å². The Balaban J connectivity index is 1.80. The molecule has 0 aliphatic rings. The van der Waals surface area contributed by atoms with E-state index in [1.54, 1.807) is 36.4 Å². The molecule has 4 aromatic rings. The number of ether oxygens (including phenoxy) is 2. The van der Waals surface area contributed by atoms with Crippen LogP contribution in [0.15, 0.2) is 60.7 Å². The number of aromatic nitrogens is 2. The maximum absolute atomic E-state index is 11.5. The largest absolute Gasteiger partial charge is 0.491 e. The molecule has 0 fully saturated rings. The van der Waals surface area contributed by atoms with Gasteiger partial charge < -0.3 is 19.6 Å². The summed E-state index contributed by atoms with van der Waals surface area (Å²) in [6, 6.07) is 17.7. The lowest BCUT2D eigenvalue weighted by Gasteiger charge is -2.11. The minimum absolute atomic E-state index is 0.0663. The zero-order valence-electron chi connectivity index (χ0n) is 16.3. The van der Waals surface area contributed by atoms with Crippen molar-refractivity contribution in [1.29, 1.82) is 0 Å². The van der Waals surface area contributed by atoms with Crippen LogP contribution in [0, 0.1) is 0 Å². The van der Waals surface area contributed by atoms with Gasteiger partial charge in [-0.05, 0) is 62.4 Å². The number of aromatic carboxylic acids is 1. The van der Waals surface area contributed by atoms with Gasteiger partial charge in [0.1, 0.15) is 17.2 Å². The van der Waals surface area contributed by atoms with Gasteiger partial charge in [-0.25, -0.2) is 9.78 Å². The molecule has 2 heterocycles. The lowest BCUT2D eigenvalue weighted by atomic mass is 10.1. The predicted octanol–water partition coefficient (Wildman–Crippen LogP) is 6.16. The number of hydrogen-bond donors (Lipinski definition) is 2. The molecule has 0 amide bonds. The number of aromatic amines is 1. The Morgan fingerprint density at radius 2 is 1.83 bits per heavy atom. The Hall–Kier alpha value is -3.51. The van der Waals surface area contributed by atoms with Crippen LogP contribution in [0.4, 0.5) is 0 Å². The molecule has 152 valence electrons. The lowest BCUT2D eigenvalue weighted by Crippen LogP contribution is -2.05. The van der Waals surface area contributed by atoms with Crippen molar-refractivity contribution in [3.8, 4) is 28.6 Å². The molecule has 4 rings (SSSR count). The summed E-state index contributed by atoms with van der Waals surface area (Å²) in [6.07, 6.45) is 0.0663. The Kier molecular flexibility index (Phi) is 5.33. The van der Waals surface area contributed by atoms with Crippen LogP contribution < -0.4 is 9.47 Å². The van der Waals surface area contributed by atoms with Crippen LogP contribution in [0.5, 0.6) is 17.4 Å². The molecule has 0 saturated heterocycles. The summed E-state index contributed by atoms with van der Waals surface area (Å²) in [4.78, 5) is 19.0. The summed E-state index contributed by atoms with van der Waals surface area (Å²) in [5.74, 6) is 0.567. The van der Waals surface area contributed by atoms with E-state index in [2.05, 4.69) is 9.97 Å². The number of carboxylic acids is 1. The highest BCUT2D eigenvalue weighted by Gasteiger charge is 2.16. The number of nitrogens with one attached hydrogen (secondary N) is 1. The molecule has 30 heavy (non-hydrogen) atoms.